The number of hydrogen-bond donors (Lipinski definition) is 3. The van der Waals surface area contributed by atoms with Crippen molar-refractivity contribution in [2.24, 2.45) is 0 Å². The number of thioether (sulfide) groups is 1. The fourth-order valence-corrected chi connectivity index (χ4v) is 1.86. The van der Waals surface area contributed by atoms with Crippen LogP contribution < -0.4 is 10.6 Å². The summed E-state index contributed by atoms with van der Waals surface area (Å²) in [6.07, 6.45) is -0.271. The molecule has 0 spiro atoms. The molecule has 0 fully saturated rings. The van der Waals surface area contributed by atoms with E-state index in [0.717, 1.165) is 0 Å². The van der Waals surface area contributed by atoms with Gasteiger partial charge in [-0.25, -0.2) is 4.79 Å². The zero-order chi connectivity index (χ0) is 15.2. The minimum absolute atomic E-state index is 0.00245. The SMILES string of the molecule is O=C(O)CCNC(=O)Nc1ccccc1SC(F)(F)F. The zero-order valence-electron chi connectivity index (χ0n) is 10.0. The highest BCUT2D eigenvalue weighted by atomic mass is 32.2. The molecular weight excluding hydrogens is 297 g/mol. The Morgan fingerprint density at radius 1 is 1.25 bits per heavy atom. The van der Waals surface area contributed by atoms with Gasteiger partial charge in [0.1, 0.15) is 0 Å². The number of nitrogens with one attached hydrogen (secondary N) is 2. The van der Waals surface area contributed by atoms with Gasteiger partial charge < -0.3 is 15.7 Å². The van der Waals surface area contributed by atoms with Crippen LogP contribution in [0.15, 0.2) is 29.2 Å². The third kappa shape index (κ3) is 6.32. The number of amides is 2. The Labute approximate surface area is 116 Å². The van der Waals surface area contributed by atoms with Crippen LogP contribution in [0.4, 0.5) is 23.7 Å². The maximum Gasteiger partial charge on any atom is 0.446 e. The lowest BCUT2D eigenvalue weighted by molar-refractivity contribution is -0.136. The maximum absolute atomic E-state index is 12.3. The summed E-state index contributed by atoms with van der Waals surface area (Å²) in [6.45, 7) is -0.115. The number of carboxylic acid groups (broad SMARTS) is 1. The summed E-state index contributed by atoms with van der Waals surface area (Å²) in [5, 5.41) is 12.9. The highest BCUT2D eigenvalue weighted by molar-refractivity contribution is 8.00. The average molecular weight is 308 g/mol. The van der Waals surface area contributed by atoms with Gasteiger partial charge in [-0.3, -0.25) is 4.79 Å². The normalized spacial score (nSPS) is 10.9. The second kappa shape index (κ2) is 7.04. The van der Waals surface area contributed by atoms with Crippen LogP contribution in [0.2, 0.25) is 0 Å². The topological polar surface area (TPSA) is 78.4 Å². The zero-order valence-corrected chi connectivity index (χ0v) is 10.8. The van der Waals surface area contributed by atoms with Crippen LogP contribution in [0.5, 0.6) is 0 Å². The van der Waals surface area contributed by atoms with Gasteiger partial charge in [-0.2, -0.15) is 13.2 Å². The first kappa shape index (κ1) is 16.2. The molecule has 110 valence electrons. The number of urea groups is 1. The second-order valence-electron chi connectivity index (χ2n) is 3.57. The van der Waals surface area contributed by atoms with E-state index in [0.29, 0.717) is 0 Å². The Hall–Kier alpha value is -1.90. The van der Waals surface area contributed by atoms with E-state index in [-0.39, 0.29) is 35.3 Å². The van der Waals surface area contributed by atoms with E-state index in [4.69, 9.17) is 5.11 Å². The van der Waals surface area contributed by atoms with Crippen molar-refractivity contribution >= 4 is 29.4 Å². The molecule has 9 heteroatoms. The summed E-state index contributed by atoms with van der Waals surface area (Å²) in [4.78, 5) is 21.5. The number of anilines is 1. The molecule has 5 nitrogen and oxygen atoms in total. The summed E-state index contributed by atoms with van der Waals surface area (Å²) in [5.41, 5.74) is -4.46. The van der Waals surface area contributed by atoms with E-state index in [1.165, 1.54) is 24.3 Å². The van der Waals surface area contributed by atoms with Gasteiger partial charge >= 0.3 is 17.5 Å². The lowest BCUT2D eigenvalue weighted by Gasteiger charge is -2.12. The molecule has 0 aliphatic heterocycles. The van der Waals surface area contributed by atoms with Crippen molar-refractivity contribution < 1.29 is 27.9 Å². The van der Waals surface area contributed by atoms with Crippen molar-refractivity contribution in [3.8, 4) is 0 Å². The number of alkyl halides is 3. The third-order valence-electron chi connectivity index (χ3n) is 1.99. The molecule has 2 amide bonds. The van der Waals surface area contributed by atoms with Crippen molar-refractivity contribution in [3.05, 3.63) is 24.3 Å². The quantitative estimate of drug-likeness (QED) is 0.731. The van der Waals surface area contributed by atoms with E-state index in [1.54, 1.807) is 0 Å². The van der Waals surface area contributed by atoms with Crippen molar-refractivity contribution in [1.82, 2.24) is 5.32 Å². The van der Waals surface area contributed by atoms with Crippen molar-refractivity contribution in [3.63, 3.8) is 0 Å². The molecule has 0 aliphatic carbocycles. The van der Waals surface area contributed by atoms with E-state index in [1.807, 2.05) is 0 Å². The number of carbonyl (C=O) groups is 2. The van der Waals surface area contributed by atoms with Gasteiger partial charge in [0.2, 0.25) is 0 Å². The fraction of sp³-hybridized carbons (Fsp3) is 0.273. The summed E-state index contributed by atoms with van der Waals surface area (Å²) in [6, 6.07) is 4.69. The number of carbonyl (C=O) groups excluding carboxylic acids is 1. The van der Waals surface area contributed by atoms with Crippen molar-refractivity contribution in [2.75, 3.05) is 11.9 Å². The van der Waals surface area contributed by atoms with Crippen LogP contribution in [-0.2, 0) is 4.79 Å². The predicted octanol–water partition coefficient (Wildman–Crippen LogP) is 2.89. The molecule has 0 aromatic heterocycles. The molecule has 1 rings (SSSR count). The van der Waals surface area contributed by atoms with Gasteiger partial charge in [-0.15, -0.1) is 0 Å². The molecule has 3 N–H and O–H groups in total. The second-order valence-corrected chi connectivity index (χ2v) is 4.68. The first-order chi connectivity index (χ1) is 9.28. The van der Waals surface area contributed by atoms with Crippen LogP contribution in [-0.4, -0.2) is 29.2 Å². The summed E-state index contributed by atoms with van der Waals surface area (Å²) in [5.74, 6) is -1.08. The molecule has 0 atom stereocenters. The summed E-state index contributed by atoms with van der Waals surface area (Å²) < 4.78 is 37.0. The maximum atomic E-state index is 12.3. The fourth-order valence-electron chi connectivity index (χ4n) is 1.23. The first-order valence-corrected chi connectivity index (χ1v) is 6.21. The van der Waals surface area contributed by atoms with Crippen LogP contribution in [0.3, 0.4) is 0 Å². The highest BCUT2D eigenvalue weighted by Crippen LogP contribution is 2.40. The number of para-hydroxylation sites is 1. The predicted molar refractivity (Wildman–Crippen MR) is 67.6 cm³/mol. The van der Waals surface area contributed by atoms with Gasteiger partial charge in [0, 0.05) is 11.4 Å². The van der Waals surface area contributed by atoms with Crippen LogP contribution in [0, 0.1) is 0 Å². The van der Waals surface area contributed by atoms with Crippen molar-refractivity contribution in [1.29, 1.82) is 0 Å². The van der Waals surface area contributed by atoms with Gasteiger partial charge in [-0.1, -0.05) is 12.1 Å². The lowest BCUT2D eigenvalue weighted by Crippen LogP contribution is -2.30. The largest absolute Gasteiger partial charge is 0.481 e. The van der Waals surface area contributed by atoms with Crippen LogP contribution in [0.25, 0.3) is 0 Å². The van der Waals surface area contributed by atoms with Crippen LogP contribution >= 0.6 is 11.8 Å². The molecular formula is C11H11F3N2O3S. The molecule has 0 heterocycles. The average Bonchev–Trinajstić information content (AvgIpc) is 2.29. The smallest absolute Gasteiger partial charge is 0.446 e. The minimum Gasteiger partial charge on any atom is -0.481 e. The van der Waals surface area contributed by atoms with E-state index in [2.05, 4.69) is 10.6 Å². The number of carboxylic acids is 1. The molecule has 1 aromatic carbocycles. The molecule has 0 saturated carbocycles. The van der Waals surface area contributed by atoms with Crippen LogP contribution in [0.1, 0.15) is 6.42 Å². The van der Waals surface area contributed by atoms with Crippen molar-refractivity contribution in [2.45, 2.75) is 16.8 Å². The third-order valence-corrected chi connectivity index (χ3v) is 2.79. The molecule has 0 saturated heterocycles. The van der Waals surface area contributed by atoms with Gasteiger partial charge in [0.05, 0.1) is 12.1 Å². The summed E-state index contributed by atoms with van der Waals surface area (Å²) in [7, 11) is 0. The Morgan fingerprint density at radius 2 is 1.90 bits per heavy atom. The summed E-state index contributed by atoms with van der Waals surface area (Å²) >= 11 is -0.339. The monoisotopic (exact) mass is 308 g/mol. The Kier molecular flexibility index (Phi) is 5.68. The van der Waals surface area contributed by atoms with E-state index < -0.39 is 17.5 Å². The van der Waals surface area contributed by atoms with E-state index >= 15 is 0 Å². The first-order valence-electron chi connectivity index (χ1n) is 5.39. The molecule has 0 aliphatic rings. The molecule has 0 radical (unpaired) electrons. The number of hydrogen-bond acceptors (Lipinski definition) is 3. The van der Waals surface area contributed by atoms with E-state index in [9.17, 15) is 22.8 Å². The number of halogens is 3. The Morgan fingerprint density at radius 3 is 2.50 bits per heavy atom. The number of benzene rings is 1. The minimum atomic E-state index is -4.46. The number of aliphatic carboxylic acids is 1. The lowest BCUT2D eigenvalue weighted by atomic mass is 10.3. The molecule has 1 aromatic rings. The Balaban J connectivity index is 2.63. The van der Waals surface area contributed by atoms with Gasteiger partial charge in [0.25, 0.3) is 0 Å². The highest BCUT2D eigenvalue weighted by Gasteiger charge is 2.30. The molecule has 20 heavy (non-hydrogen) atoms. The number of rotatable bonds is 5. The van der Waals surface area contributed by atoms with Gasteiger partial charge in [-0.05, 0) is 23.9 Å². The molecule has 0 unspecified atom stereocenters. The van der Waals surface area contributed by atoms with Gasteiger partial charge in [0.15, 0.2) is 0 Å². The standard InChI is InChI=1S/C11H11F3N2O3S/c12-11(13,14)20-8-4-2-1-3-7(8)16-10(19)15-6-5-9(17)18/h1-4H,5-6H2,(H,17,18)(H2,15,16,19). The molecule has 0 bridgehead atoms. The Bertz CT molecular complexity index is 494.